The van der Waals surface area contributed by atoms with Crippen LogP contribution in [0.1, 0.15) is 43.0 Å². The van der Waals surface area contributed by atoms with E-state index in [2.05, 4.69) is 32.3 Å². The molecule has 29 heavy (non-hydrogen) atoms. The molecule has 1 aromatic carbocycles. The van der Waals surface area contributed by atoms with Crippen LogP contribution in [0.3, 0.4) is 0 Å². The fourth-order valence-electron chi connectivity index (χ4n) is 3.80. The monoisotopic (exact) mass is 412 g/mol. The first-order valence-corrected chi connectivity index (χ1v) is 11.4. The number of rotatable bonds is 7. The maximum atomic E-state index is 12.3. The Morgan fingerprint density at radius 2 is 2.17 bits per heavy atom. The van der Waals surface area contributed by atoms with Crippen LogP contribution < -0.4 is 15.6 Å². The minimum Gasteiger partial charge on any atom is -0.467 e. The fraction of sp³-hybridized carbons (Fsp3) is 0.455. The average molecular weight is 413 g/mol. The lowest BCUT2D eigenvalue weighted by Gasteiger charge is -2.26. The van der Waals surface area contributed by atoms with E-state index in [1.165, 1.54) is 37.9 Å². The molecule has 4 rings (SSSR count). The van der Waals surface area contributed by atoms with Crippen molar-refractivity contribution in [3.05, 3.63) is 63.6 Å². The number of benzene rings is 1. The minimum atomic E-state index is -0.416. The molecule has 1 unspecified atom stereocenters. The summed E-state index contributed by atoms with van der Waals surface area (Å²) in [6, 6.07) is 8.25. The third-order valence-corrected chi connectivity index (χ3v) is 6.22. The van der Waals surface area contributed by atoms with Gasteiger partial charge in [-0.1, -0.05) is 24.6 Å². The van der Waals surface area contributed by atoms with E-state index in [9.17, 15) is 4.79 Å². The summed E-state index contributed by atoms with van der Waals surface area (Å²) in [5, 5.41) is 3.20. The molecule has 0 bridgehead atoms. The van der Waals surface area contributed by atoms with Gasteiger partial charge in [0.15, 0.2) is 6.23 Å². The lowest BCUT2D eigenvalue weighted by Crippen LogP contribution is -2.29. The van der Waals surface area contributed by atoms with E-state index in [0.29, 0.717) is 5.95 Å². The van der Waals surface area contributed by atoms with Gasteiger partial charge in [-0.3, -0.25) is 14.7 Å². The van der Waals surface area contributed by atoms with Crippen LogP contribution in [0.15, 0.2) is 41.2 Å². The molecule has 6 nitrogen and oxygen atoms in total. The van der Waals surface area contributed by atoms with E-state index in [1.54, 1.807) is 11.8 Å². The number of allylic oxidation sites excluding steroid dienone is 1. The van der Waals surface area contributed by atoms with Crippen molar-refractivity contribution in [3.63, 3.8) is 0 Å². The molecule has 2 N–H and O–H groups in total. The van der Waals surface area contributed by atoms with Crippen LogP contribution in [0.4, 0.5) is 5.95 Å². The third kappa shape index (κ3) is 5.22. The van der Waals surface area contributed by atoms with Crippen LogP contribution in [0.5, 0.6) is 5.75 Å². The summed E-state index contributed by atoms with van der Waals surface area (Å²) in [6.07, 6.45) is 7.34. The molecule has 3 heterocycles. The molecule has 0 aliphatic carbocycles. The highest BCUT2D eigenvalue weighted by molar-refractivity contribution is 7.98. The van der Waals surface area contributed by atoms with Gasteiger partial charge < -0.3 is 10.1 Å². The van der Waals surface area contributed by atoms with Gasteiger partial charge in [0.25, 0.3) is 5.56 Å². The quantitative estimate of drug-likeness (QED) is 0.531. The number of likely N-dealkylation sites (tertiary alicyclic amines) is 1. The second kappa shape index (κ2) is 9.50. The largest absolute Gasteiger partial charge is 0.467 e. The maximum Gasteiger partial charge on any atom is 0.256 e. The molecule has 2 aliphatic rings. The lowest BCUT2D eigenvalue weighted by atomic mass is 10.1. The zero-order valence-electron chi connectivity index (χ0n) is 16.8. The number of aromatic nitrogens is 2. The van der Waals surface area contributed by atoms with Crippen LogP contribution in [-0.4, -0.2) is 34.2 Å². The van der Waals surface area contributed by atoms with Crippen molar-refractivity contribution in [2.75, 3.05) is 18.4 Å². The van der Waals surface area contributed by atoms with Crippen LogP contribution in [0.2, 0.25) is 0 Å². The van der Waals surface area contributed by atoms with E-state index < -0.39 is 6.23 Å². The SMILES string of the molecule is C/C=C\C(Nc1nc2c(c(=O)[nH]1)CSC2)Oc1cccc(CN2CCCCC2)c1. The highest BCUT2D eigenvalue weighted by atomic mass is 32.2. The molecule has 1 fully saturated rings. The van der Waals surface area contributed by atoms with Crippen LogP contribution in [-0.2, 0) is 18.1 Å². The zero-order valence-corrected chi connectivity index (χ0v) is 17.6. The van der Waals surface area contributed by atoms with Crippen molar-refractivity contribution in [1.82, 2.24) is 14.9 Å². The van der Waals surface area contributed by atoms with Gasteiger partial charge in [0.05, 0.1) is 5.69 Å². The second-order valence-electron chi connectivity index (χ2n) is 7.53. The topological polar surface area (TPSA) is 70.2 Å². The normalized spacial score (nSPS) is 18.0. The zero-order chi connectivity index (χ0) is 20.1. The van der Waals surface area contributed by atoms with Gasteiger partial charge in [0, 0.05) is 23.6 Å². The molecule has 2 aliphatic heterocycles. The molecule has 0 spiro atoms. The molecule has 2 aromatic rings. The molecule has 1 atom stereocenters. The Balaban J connectivity index is 1.45. The molecule has 1 aromatic heterocycles. The fourth-order valence-corrected chi connectivity index (χ4v) is 4.83. The number of nitrogens with one attached hydrogen (secondary N) is 2. The molecular formula is C22H28N4O2S. The number of H-pyrrole nitrogens is 1. The van der Waals surface area contributed by atoms with Gasteiger partial charge >= 0.3 is 0 Å². The van der Waals surface area contributed by atoms with Crippen LogP contribution in [0.25, 0.3) is 0 Å². The summed E-state index contributed by atoms with van der Waals surface area (Å²) in [5.41, 5.74) is 2.84. The number of hydrogen-bond donors (Lipinski definition) is 2. The van der Waals surface area contributed by atoms with Gasteiger partial charge in [-0.25, -0.2) is 4.98 Å². The number of nitrogens with zero attached hydrogens (tertiary/aromatic N) is 2. The van der Waals surface area contributed by atoms with Gasteiger partial charge in [-0.15, -0.1) is 0 Å². The first-order chi connectivity index (χ1) is 14.2. The van der Waals surface area contributed by atoms with E-state index in [-0.39, 0.29) is 5.56 Å². The Bertz CT molecular complexity index is 921. The molecule has 0 amide bonds. The Hall–Kier alpha value is -2.25. The maximum absolute atomic E-state index is 12.3. The Labute approximate surface area is 175 Å². The van der Waals surface area contributed by atoms with Crippen molar-refractivity contribution in [2.45, 2.75) is 50.5 Å². The Morgan fingerprint density at radius 3 is 3.00 bits per heavy atom. The molecule has 0 radical (unpaired) electrons. The summed E-state index contributed by atoms with van der Waals surface area (Å²) >= 11 is 1.71. The van der Waals surface area contributed by atoms with Crippen molar-refractivity contribution in [1.29, 1.82) is 0 Å². The van der Waals surface area contributed by atoms with Crippen molar-refractivity contribution in [3.8, 4) is 5.75 Å². The summed E-state index contributed by atoms with van der Waals surface area (Å²) in [4.78, 5) is 22.2. The number of aromatic amines is 1. The molecule has 1 saturated heterocycles. The molecule has 0 saturated carbocycles. The van der Waals surface area contributed by atoms with E-state index in [0.717, 1.165) is 35.1 Å². The summed E-state index contributed by atoms with van der Waals surface area (Å²) in [7, 11) is 0. The van der Waals surface area contributed by atoms with E-state index >= 15 is 0 Å². The number of piperidine rings is 1. The first kappa shape index (κ1) is 20.0. The number of anilines is 1. The van der Waals surface area contributed by atoms with Gasteiger partial charge in [-0.2, -0.15) is 11.8 Å². The first-order valence-electron chi connectivity index (χ1n) is 10.3. The van der Waals surface area contributed by atoms with Crippen LogP contribution in [0, 0.1) is 0 Å². The predicted molar refractivity (Wildman–Crippen MR) is 118 cm³/mol. The molecule has 7 heteroatoms. The number of fused-ring (bicyclic) bond motifs is 1. The van der Waals surface area contributed by atoms with Crippen molar-refractivity contribution < 1.29 is 4.74 Å². The molecular weight excluding hydrogens is 384 g/mol. The summed E-state index contributed by atoms with van der Waals surface area (Å²) in [6.45, 7) is 5.24. The van der Waals surface area contributed by atoms with E-state index in [4.69, 9.17) is 4.74 Å². The lowest BCUT2D eigenvalue weighted by molar-refractivity contribution is 0.220. The summed E-state index contributed by atoms with van der Waals surface area (Å²) in [5.74, 6) is 2.76. The van der Waals surface area contributed by atoms with Gasteiger partial charge in [0.2, 0.25) is 5.95 Å². The number of hydrogen-bond acceptors (Lipinski definition) is 6. The summed E-state index contributed by atoms with van der Waals surface area (Å²) < 4.78 is 6.16. The Kier molecular flexibility index (Phi) is 6.56. The highest BCUT2D eigenvalue weighted by Crippen LogP contribution is 2.26. The van der Waals surface area contributed by atoms with Crippen molar-refractivity contribution >= 4 is 17.7 Å². The minimum absolute atomic E-state index is 0.0646. The standard InChI is InChI=1S/C22H28N4O2S/c1-2-7-20(24-22-23-19-15-29-14-18(19)21(27)25-22)28-17-9-6-8-16(12-17)13-26-10-4-3-5-11-26/h2,6-9,12,20H,3-5,10-11,13-15H2,1H3,(H2,23,24,25,27)/b7-2-. The third-order valence-electron chi connectivity index (χ3n) is 5.25. The second-order valence-corrected chi connectivity index (χ2v) is 8.51. The Morgan fingerprint density at radius 1 is 1.31 bits per heavy atom. The number of thioether (sulfide) groups is 1. The number of ether oxygens (including phenoxy) is 1. The average Bonchev–Trinajstić information content (AvgIpc) is 3.18. The van der Waals surface area contributed by atoms with Crippen LogP contribution >= 0.6 is 11.8 Å². The highest BCUT2D eigenvalue weighted by Gasteiger charge is 2.19. The molecule has 154 valence electrons. The van der Waals surface area contributed by atoms with Gasteiger partial charge in [0.1, 0.15) is 5.75 Å². The van der Waals surface area contributed by atoms with E-state index in [1.807, 2.05) is 31.2 Å². The van der Waals surface area contributed by atoms with Gasteiger partial charge in [-0.05, 0) is 56.6 Å². The smallest absolute Gasteiger partial charge is 0.256 e. The van der Waals surface area contributed by atoms with Crippen molar-refractivity contribution in [2.24, 2.45) is 0 Å². The predicted octanol–water partition coefficient (Wildman–Crippen LogP) is 3.90.